The van der Waals surface area contributed by atoms with E-state index in [2.05, 4.69) is 18.2 Å². The summed E-state index contributed by atoms with van der Waals surface area (Å²) in [6.45, 7) is 0. The van der Waals surface area contributed by atoms with E-state index in [0.29, 0.717) is 0 Å². The Hall–Kier alpha value is -0.780. The fraction of sp³-hybridized carbons (Fsp3) is 0.571. The molecule has 0 amide bonds. The van der Waals surface area contributed by atoms with Gasteiger partial charge in [-0.3, -0.25) is 0 Å². The number of hydrogen-bond donors (Lipinski definition) is 0. The molecule has 0 saturated carbocycles. The maximum atomic E-state index is 2.52. The molecule has 0 nitrogen and oxygen atoms in total. The van der Waals surface area contributed by atoms with Crippen molar-refractivity contribution in [3.8, 4) is 0 Å². The summed E-state index contributed by atoms with van der Waals surface area (Å²) in [5, 5.41) is 0. The van der Waals surface area contributed by atoms with Crippen molar-refractivity contribution in [2.75, 3.05) is 0 Å². The van der Waals surface area contributed by atoms with Crippen molar-refractivity contribution in [1.82, 2.24) is 0 Å². The maximum Gasteiger partial charge on any atom is 0.00230 e. The third-order valence-electron chi connectivity index (χ3n) is 3.85. The summed E-state index contributed by atoms with van der Waals surface area (Å²) in [4.78, 5) is 0. The standard InChI is InChI=1S/C14H18/c1-2-6-11(5-1)13-9-14(10-13)12-7-3-4-8-12/h5,7,9,13H,1-4,6,8,10H2. The van der Waals surface area contributed by atoms with E-state index in [1.165, 1.54) is 44.9 Å². The van der Waals surface area contributed by atoms with Gasteiger partial charge in [0.15, 0.2) is 0 Å². The molecular formula is C14H18. The SMILES string of the molecule is C1=C(C2=CC(C3=CCCC3)C2)CCC1. The second-order valence-corrected chi connectivity index (χ2v) is 4.80. The second-order valence-electron chi connectivity index (χ2n) is 4.80. The normalized spacial score (nSPS) is 30.9. The first kappa shape index (κ1) is 8.52. The van der Waals surface area contributed by atoms with Gasteiger partial charge in [0.1, 0.15) is 0 Å². The van der Waals surface area contributed by atoms with E-state index in [1.54, 1.807) is 16.7 Å². The molecule has 3 aliphatic rings. The number of hydrogen-bond acceptors (Lipinski definition) is 0. The van der Waals surface area contributed by atoms with E-state index in [4.69, 9.17) is 0 Å². The lowest BCUT2D eigenvalue weighted by Gasteiger charge is -2.27. The minimum absolute atomic E-state index is 0.828. The molecular weight excluding hydrogens is 168 g/mol. The minimum Gasteiger partial charge on any atom is -0.0847 e. The molecule has 0 heterocycles. The van der Waals surface area contributed by atoms with Gasteiger partial charge >= 0.3 is 0 Å². The zero-order chi connectivity index (χ0) is 9.38. The summed E-state index contributed by atoms with van der Waals surface area (Å²) < 4.78 is 0. The summed E-state index contributed by atoms with van der Waals surface area (Å²) in [6, 6.07) is 0. The quantitative estimate of drug-likeness (QED) is 0.568. The Kier molecular flexibility index (Phi) is 2.08. The van der Waals surface area contributed by atoms with Gasteiger partial charge in [-0.15, -0.1) is 0 Å². The Morgan fingerprint density at radius 3 is 2.36 bits per heavy atom. The van der Waals surface area contributed by atoms with Gasteiger partial charge in [0.05, 0.1) is 0 Å². The van der Waals surface area contributed by atoms with Gasteiger partial charge in [-0.1, -0.05) is 23.8 Å². The van der Waals surface area contributed by atoms with Gasteiger partial charge in [0.2, 0.25) is 0 Å². The summed E-state index contributed by atoms with van der Waals surface area (Å²) in [6.07, 6.45) is 16.9. The van der Waals surface area contributed by atoms with Crippen LogP contribution in [0.15, 0.2) is 34.9 Å². The maximum absolute atomic E-state index is 2.52. The first-order chi connectivity index (χ1) is 6.93. The predicted octanol–water partition coefficient (Wildman–Crippen LogP) is 4.15. The van der Waals surface area contributed by atoms with Crippen molar-refractivity contribution in [2.24, 2.45) is 5.92 Å². The molecule has 0 heteroatoms. The monoisotopic (exact) mass is 186 g/mol. The molecule has 1 unspecified atom stereocenters. The molecule has 0 bridgehead atoms. The number of allylic oxidation sites excluding steroid dienone is 6. The Balaban J connectivity index is 1.68. The fourth-order valence-electron chi connectivity index (χ4n) is 2.92. The average Bonchev–Trinajstić information content (AvgIpc) is 2.71. The van der Waals surface area contributed by atoms with Crippen LogP contribution < -0.4 is 0 Å². The zero-order valence-electron chi connectivity index (χ0n) is 8.76. The van der Waals surface area contributed by atoms with E-state index in [9.17, 15) is 0 Å². The highest BCUT2D eigenvalue weighted by Crippen LogP contribution is 2.42. The van der Waals surface area contributed by atoms with Crippen LogP contribution in [0.2, 0.25) is 0 Å². The Morgan fingerprint density at radius 1 is 0.929 bits per heavy atom. The molecule has 0 aromatic heterocycles. The van der Waals surface area contributed by atoms with E-state index >= 15 is 0 Å². The van der Waals surface area contributed by atoms with Crippen molar-refractivity contribution >= 4 is 0 Å². The molecule has 14 heavy (non-hydrogen) atoms. The van der Waals surface area contributed by atoms with E-state index < -0.39 is 0 Å². The molecule has 0 saturated heterocycles. The summed E-state index contributed by atoms with van der Waals surface area (Å²) in [5.74, 6) is 0.828. The van der Waals surface area contributed by atoms with Crippen LogP contribution in [0.1, 0.15) is 44.9 Å². The van der Waals surface area contributed by atoms with Gasteiger partial charge < -0.3 is 0 Å². The van der Waals surface area contributed by atoms with Crippen LogP contribution in [0, 0.1) is 5.92 Å². The molecule has 0 N–H and O–H groups in total. The van der Waals surface area contributed by atoms with Crippen molar-refractivity contribution < 1.29 is 0 Å². The zero-order valence-corrected chi connectivity index (χ0v) is 8.76. The van der Waals surface area contributed by atoms with Crippen LogP contribution in [0.25, 0.3) is 0 Å². The van der Waals surface area contributed by atoms with Crippen molar-refractivity contribution in [3.05, 3.63) is 34.9 Å². The topological polar surface area (TPSA) is 0 Å². The molecule has 0 aromatic rings. The molecule has 0 radical (unpaired) electrons. The molecule has 0 fully saturated rings. The van der Waals surface area contributed by atoms with E-state index in [-0.39, 0.29) is 0 Å². The lowest BCUT2D eigenvalue weighted by atomic mass is 9.77. The fourth-order valence-corrected chi connectivity index (χ4v) is 2.92. The second kappa shape index (κ2) is 3.42. The third-order valence-corrected chi connectivity index (χ3v) is 3.85. The van der Waals surface area contributed by atoms with Crippen molar-refractivity contribution in [2.45, 2.75) is 44.9 Å². The van der Waals surface area contributed by atoms with Crippen LogP contribution in [-0.2, 0) is 0 Å². The summed E-state index contributed by atoms with van der Waals surface area (Å²) in [7, 11) is 0. The van der Waals surface area contributed by atoms with Crippen molar-refractivity contribution in [1.29, 1.82) is 0 Å². The van der Waals surface area contributed by atoms with Crippen molar-refractivity contribution in [3.63, 3.8) is 0 Å². The lowest BCUT2D eigenvalue weighted by Crippen LogP contribution is -2.12. The minimum atomic E-state index is 0.828. The van der Waals surface area contributed by atoms with E-state index in [0.717, 1.165) is 5.92 Å². The first-order valence-electron chi connectivity index (χ1n) is 6.02. The summed E-state index contributed by atoms with van der Waals surface area (Å²) >= 11 is 0. The molecule has 1 atom stereocenters. The average molecular weight is 186 g/mol. The lowest BCUT2D eigenvalue weighted by molar-refractivity contribution is 0.645. The van der Waals surface area contributed by atoms with Gasteiger partial charge in [0.25, 0.3) is 0 Å². The first-order valence-corrected chi connectivity index (χ1v) is 6.02. The van der Waals surface area contributed by atoms with Gasteiger partial charge in [-0.25, -0.2) is 0 Å². The van der Waals surface area contributed by atoms with Crippen LogP contribution >= 0.6 is 0 Å². The highest BCUT2D eigenvalue weighted by Gasteiger charge is 2.26. The van der Waals surface area contributed by atoms with Gasteiger partial charge in [-0.05, 0) is 56.1 Å². The Bertz CT molecular complexity index is 328. The predicted molar refractivity (Wildman–Crippen MR) is 60.1 cm³/mol. The summed E-state index contributed by atoms with van der Waals surface area (Å²) in [5.41, 5.74) is 5.06. The molecule has 0 aromatic carbocycles. The van der Waals surface area contributed by atoms with Crippen LogP contribution in [0.4, 0.5) is 0 Å². The molecule has 0 spiro atoms. The number of rotatable bonds is 2. The van der Waals surface area contributed by atoms with Gasteiger partial charge in [-0.2, -0.15) is 0 Å². The van der Waals surface area contributed by atoms with Crippen LogP contribution in [0.5, 0.6) is 0 Å². The van der Waals surface area contributed by atoms with Gasteiger partial charge in [0, 0.05) is 5.92 Å². The Labute approximate surface area is 86.4 Å². The highest BCUT2D eigenvalue weighted by atomic mass is 14.3. The highest BCUT2D eigenvalue weighted by molar-refractivity contribution is 5.43. The largest absolute Gasteiger partial charge is 0.0847 e. The molecule has 3 rings (SSSR count). The molecule has 0 aliphatic heterocycles. The molecule has 74 valence electrons. The third kappa shape index (κ3) is 1.37. The Morgan fingerprint density at radius 2 is 1.71 bits per heavy atom. The smallest absolute Gasteiger partial charge is 0.00230 e. The van der Waals surface area contributed by atoms with Crippen LogP contribution in [-0.4, -0.2) is 0 Å². The van der Waals surface area contributed by atoms with E-state index in [1.807, 2.05) is 0 Å². The molecule has 3 aliphatic carbocycles. The van der Waals surface area contributed by atoms with Crippen LogP contribution in [0.3, 0.4) is 0 Å².